The molecule has 1 spiro atoms. The minimum atomic E-state index is -0.275. The van der Waals surface area contributed by atoms with Crippen LogP contribution >= 0.6 is 0 Å². The first kappa shape index (κ1) is 26.5. The minimum absolute atomic E-state index is 0.0185. The van der Waals surface area contributed by atoms with Crippen molar-refractivity contribution in [2.45, 2.75) is 58.1 Å². The number of carbonyl (C=O) groups is 1. The van der Waals surface area contributed by atoms with Gasteiger partial charge in [0.2, 0.25) is 0 Å². The number of likely N-dealkylation sites (tertiary alicyclic amines) is 1. The Morgan fingerprint density at radius 1 is 1.05 bits per heavy atom. The van der Waals surface area contributed by atoms with Crippen molar-refractivity contribution in [2.24, 2.45) is 17.0 Å². The van der Waals surface area contributed by atoms with Crippen LogP contribution in [0.5, 0.6) is 11.5 Å². The van der Waals surface area contributed by atoms with Gasteiger partial charge in [0, 0.05) is 32.0 Å². The van der Waals surface area contributed by atoms with E-state index in [0.717, 1.165) is 85.6 Å². The maximum atomic E-state index is 13.6. The molecule has 5 rings (SSSR count). The van der Waals surface area contributed by atoms with Crippen molar-refractivity contribution in [1.82, 2.24) is 4.90 Å². The fourth-order valence-corrected chi connectivity index (χ4v) is 6.08. The summed E-state index contributed by atoms with van der Waals surface area (Å²) in [7, 11) is 1.46. The zero-order valence-electron chi connectivity index (χ0n) is 22.5. The van der Waals surface area contributed by atoms with Gasteiger partial charge >= 0.3 is 5.97 Å². The smallest absolute Gasteiger partial charge is 0.308 e. The van der Waals surface area contributed by atoms with Crippen LogP contribution in [0.1, 0.15) is 51.5 Å². The minimum Gasteiger partial charge on any atom is -0.493 e. The summed E-state index contributed by atoms with van der Waals surface area (Å²) in [5, 5.41) is 4.50. The molecule has 38 heavy (non-hydrogen) atoms. The van der Waals surface area contributed by atoms with Crippen molar-refractivity contribution >= 4 is 11.7 Å². The predicted octanol–water partition coefficient (Wildman–Crippen LogP) is 5.60. The average molecular weight is 525 g/mol. The van der Waals surface area contributed by atoms with Crippen molar-refractivity contribution in [3.63, 3.8) is 0 Å². The molecule has 2 heterocycles. The number of halogens is 1. The molecule has 2 aromatic carbocycles. The van der Waals surface area contributed by atoms with Crippen LogP contribution in [-0.4, -0.2) is 55.6 Å². The SMILES string of the molecule is CCOc1cc(CN2CC3(CC(C4CCC(C(=O)OC)CC4)=NO3)C2)cc(OCC)c1-c1ccc(F)cc1. The molecular formula is C30H37FN2O5. The Bertz CT molecular complexity index is 1140. The van der Waals surface area contributed by atoms with Crippen LogP contribution in [-0.2, 0) is 20.9 Å². The third kappa shape index (κ3) is 5.51. The van der Waals surface area contributed by atoms with Crippen molar-refractivity contribution in [1.29, 1.82) is 0 Å². The predicted molar refractivity (Wildman–Crippen MR) is 143 cm³/mol. The summed E-state index contributed by atoms with van der Waals surface area (Å²) in [6.07, 6.45) is 4.49. The summed E-state index contributed by atoms with van der Waals surface area (Å²) >= 11 is 0. The van der Waals surface area contributed by atoms with E-state index in [1.807, 2.05) is 13.8 Å². The molecule has 1 saturated heterocycles. The Morgan fingerprint density at radius 3 is 2.26 bits per heavy atom. The van der Waals surface area contributed by atoms with Gasteiger partial charge in [0.15, 0.2) is 5.60 Å². The molecule has 0 radical (unpaired) electrons. The van der Waals surface area contributed by atoms with Crippen LogP contribution < -0.4 is 9.47 Å². The molecule has 2 aromatic rings. The molecule has 3 aliphatic rings. The second-order valence-corrected chi connectivity index (χ2v) is 10.6. The number of methoxy groups -OCH3 is 1. The number of benzene rings is 2. The number of esters is 1. The van der Waals surface area contributed by atoms with Crippen LogP contribution in [0.3, 0.4) is 0 Å². The summed E-state index contributed by atoms with van der Waals surface area (Å²) in [6.45, 7) is 7.32. The molecule has 0 amide bonds. The second kappa shape index (κ2) is 11.3. The molecular weight excluding hydrogens is 487 g/mol. The summed E-state index contributed by atoms with van der Waals surface area (Å²) < 4.78 is 30.5. The molecule has 1 aliphatic carbocycles. The normalized spacial score (nSPS) is 22.4. The van der Waals surface area contributed by atoms with Crippen LogP contribution in [0.25, 0.3) is 11.1 Å². The van der Waals surface area contributed by atoms with Crippen LogP contribution in [0.15, 0.2) is 41.6 Å². The Balaban J connectivity index is 1.23. The van der Waals surface area contributed by atoms with Gasteiger partial charge in [0.25, 0.3) is 0 Å². The van der Waals surface area contributed by atoms with Crippen molar-refractivity contribution in [3.8, 4) is 22.6 Å². The fraction of sp³-hybridized carbons (Fsp3) is 0.533. The molecule has 2 fully saturated rings. The molecule has 1 saturated carbocycles. The highest BCUT2D eigenvalue weighted by atomic mass is 19.1. The summed E-state index contributed by atoms with van der Waals surface area (Å²) in [6, 6.07) is 10.5. The van der Waals surface area contributed by atoms with E-state index in [2.05, 4.69) is 22.2 Å². The molecule has 204 valence electrons. The second-order valence-electron chi connectivity index (χ2n) is 10.6. The van der Waals surface area contributed by atoms with Gasteiger partial charge in [-0.15, -0.1) is 0 Å². The van der Waals surface area contributed by atoms with Gasteiger partial charge in [-0.3, -0.25) is 9.69 Å². The van der Waals surface area contributed by atoms with E-state index in [9.17, 15) is 9.18 Å². The Morgan fingerprint density at radius 2 is 1.68 bits per heavy atom. The first-order valence-corrected chi connectivity index (χ1v) is 13.7. The van der Waals surface area contributed by atoms with Crippen LogP contribution in [0, 0.1) is 17.7 Å². The maximum absolute atomic E-state index is 13.6. The molecule has 2 aliphatic heterocycles. The lowest BCUT2D eigenvalue weighted by Crippen LogP contribution is -2.61. The zero-order valence-corrected chi connectivity index (χ0v) is 22.5. The molecule has 0 N–H and O–H groups in total. The monoisotopic (exact) mass is 524 g/mol. The van der Waals surface area contributed by atoms with E-state index >= 15 is 0 Å². The highest BCUT2D eigenvalue weighted by molar-refractivity contribution is 5.89. The maximum Gasteiger partial charge on any atom is 0.308 e. The number of rotatable bonds is 9. The lowest BCUT2D eigenvalue weighted by atomic mass is 9.76. The lowest BCUT2D eigenvalue weighted by molar-refractivity contribution is -0.146. The largest absolute Gasteiger partial charge is 0.493 e. The topological polar surface area (TPSA) is 69.6 Å². The summed E-state index contributed by atoms with van der Waals surface area (Å²) in [5.41, 5.74) is 3.70. The summed E-state index contributed by atoms with van der Waals surface area (Å²) in [5.74, 6) is 1.52. The number of ether oxygens (including phenoxy) is 3. The third-order valence-corrected chi connectivity index (χ3v) is 7.88. The van der Waals surface area contributed by atoms with Crippen LogP contribution in [0.2, 0.25) is 0 Å². The highest BCUT2D eigenvalue weighted by Gasteiger charge is 2.50. The van der Waals surface area contributed by atoms with Gasteiger partial charge in [0.1, 0.15) is 17.3 Å². The number of hydrogen-bond acceptors (Lipinski definition) is 7. The molecule has 0 aromatic heterocycles. The van der Waals surface area contributed by atoms with E-state index in [0.29, 0.717) is 19.1 Å². The molecule has 7 nitrogen and oxygen atoms in total. The molecule has 0 bridgehead atoms. The Hall–Kier alpha value is -3.13. The van der Waals surface area contributed by atoms with Gasteiger partial charge in [0.05, 0.1) is 37.5 Å². The third-order valence-electron chi connectivity index (χ3n) is 7.88. The number of hydrogen-bond donors (Lipinski definition) is 0. The van der Waals surface area contributed by atoms with Crippen molar-refractivity contribution < 1.29 is 28.2 Å². The van der Waals surface area contributed by atoms with Gasteiger partial charge < -0.3 is 19.0 Å². The van der Waals surface area contributed by atoms with E-state index < -0.39 is 0 Å². The standard InChI is InChI=1S/C30H37FN2O5/c1-4-36-26-14-20(15-27(37-5-2)28(26)22-10-12-24(31)13-11-22)17-33-18-30(19-33)16-25(32-38-30)21-6-8-23(9-7-21)29(34)35-3/h10-15,21,23H,4-9,16-19H2,1-3H3. The van der Waals surface area contributed by atoms with Gasteiger partial charge in [-0.1, -0.05) is 17.3 Å². The van der Waals surface area contributed by atoms with Gasteiger partial charge in [-0.25, -0.2) is 4.39 Å². The molecule has 0 unspecified atom stereocenters. The lowest BCUT2D eigenvalue weighted by Gasteiger charge is -2.45. The Kier molecular flexibility index (Phi) is 7.88. The fourth-order valence-electron chi connectivity index (χ4n) is 6.08. The zero-order chi connectivity index (χ0) is 26.7. The first-order chi connectivity index (χ1) is 18.4. The highest BCUT2D eigenvalue weighted by Crippen LogP contribution is 2.43. The van der Waals surface area contributed by atoms with E-state index in [-0.39, 0.29) is 23.3 Å². The van der Waals surface area contributed by atoms with E-state index in [4.69, 9.17) is 19.0 Å². The van der Waals surface area contributed by atoms with Gasteiger partial charge in [-0.05, 0) is 74.9 Å². The molecule has 8 heteroatoms. The first-order valence-electron chi connectivity index (χ1n) is 13.7. The number of carbonyl (C=O) groups excluding carboxylic acids is 1. The molecule has 0 atom stereocenters. The van der Waals surface area contributed by atoms with Crippen molar-refractivity contribution in [2.75, 3.05) is 33.4 Å². The van der Waals surface area contributed by atoms with E-state index in [1.165, 1.54) is 19.2 Å². The summed E-state index contributed by atoms with van der Waals surface area (Å²) in [4.78, 5) is 20.2. The van der Waals surface area contributed by atoms with Gasteiger partial charge in [-0.2, -0.15) is 0 Å². The van der Waals surface area contributed by atoms with E-state index in [1.54, 1.807) is 12.1 Å². The number of oxime groups is 1. The quantitative estimate of drug-likeness (QED) is 0.398. The van der Waals surface area contributed by atoms with Crippen molar-refractivity contribution in [3.05, 3.63) is 47.8 Å². The average Bonchev–Trinajstić information content (AvgIpc) is 3.35. The number of nitrogens with zero attached hydrogens (tertiary/aromatic N) is 2. The Labute approximate surface area is 223 Å². The van der Waals surface area contributed by atoms with Crippen LogP contribution in [0.4, 0.5) is 4.39 Å².